The van der Waals surface area contributed by atoms with Crippen LogP contribution in [-0.4, -0.2) is 25.8 Å². The number of carbonyl (C=O) groups excluding carboxylic acids is 1. The Bertz CT molecular complexity index is 815. The van der Waals surface area contributed by atoms with Crippen molar-refractivity contribution in [1.29, 1.82) is 0 Å². The fraction of sp³-hybridized carbons (Fsp3) is 0.133. The maximum Gasteiger partial charge on any atom is 0.276 e. The van der Waals surface area contributed by atoms with E-state index in [2.05, 4.69) is 25.3 Å². The minimum Gasteiger partial charge on any atom is -0.296 e. The van der Waals surface area contributed by atoms with E-state index >= 15 is 0 Å². The van der Waals surface area contributed by atoms with Crippen molar-refractivity contribution in [2.75, 3.05) is 5.32 Å². The lowest BCUT2D eigenvalue weighted by Crippen LogP contribution is -2.13. The van der Waals surface area contributed by atoms with Gasteiger partial charge in [-0.2, -0.15) is 0 Å². The first kappa shape index (κ1) is 15.6. The zero-order valence-electron chi connectivity index (χ0n) is 12.5. The third kappa shape index (κ3) is 3.91. The molecule has 0 aliphatic rings. The molecule has 3 rings (SSSR count). The topological polar surface area (TPSA) is 80.7 Å². The third-order valence-electron chi connectivity index (χ3n) is 2.96. The van der Waals surface area contributed by atoms with Gasteiger partial charge in [0.15, 0.2) is 10.3 Å². The Balaban J connectivity index is 1.75. The molecule has 0 radical (unpaired) electrons. The molecule has 0 saturated heterocycles. The predicted molar refractivity (Wildman–Crippen MR) is 89.9 cm³/mol. The second kappa shape index (κ2) is 6.84. The van der Waals surface area contributed by atoms with Gasteiger partial charge in [-0.1, -0.05) is 0 Å². The molecule has 0 unspecified atom stereocenters. The lowest BCUT2D eigenvalue weighted by atomic mass is 10.3. The number of hydrogen-bond donors (Lipinski definition) is 1. The van der Waals surface area contributed by atoms with Gasteiger partial charge in [-0.05, 0) is 43.8 Å². The van der Waals surface area contributed by atoms with Crippen molar-refractivity contribution in [1.82, 2.24) is 19.9 Å². The van der Waals surface area contributed by atoms with E-state index in [1.165, 1.54) is 23.1 Å². The highest BCUT2D eigenvalue weighted by Crippen LogP contribution is 2.25. The van der Waals surface area contributed by atoms with E-state index in [9.17, 15) is 4.79 Å². The molecule has 0 fully saturated rings. The van der Waals surface area contributed by atoms with Crippen LogP contribution >= 0.6 is 23.1 Å². The van der Waals surface area contributed by atoms with Gasteiger partial charge in [0, 0.05) is 28.4 Å². The van der Waals surface area contributed by atoms with Crippen molar-refractivity contribution in [3.63, 3.8) is 0 Å². The summed E-state index contributed by atoms with van der Waals surface area (Å²) in [6, 6.07) is 5.28. The van der Waals surface area contributed by atoms with E-state index in [1.54, 1.807) is 30.7 Å². The number of aromatic nitrogens is 4. The smallest absolute Gasteiger partial charge is 0.276 e. The largest absolute Gasteiger partial charge is 0.296 e. The average Bonchev–Trinajstić information content (AvgIpc) is 2.86. The molecule has 8 heteroatoms. The number of nitrogens with zero attached hydrogens (tertiary/aromatic N) is 4. The fourth-order valence-corrected chi connectivity index (χ4v) is 3.28. The molecule has 0 bridgehead atoms. The monoisotopic (exact) mass is 343 g/mol. The highest BCUT2D eigenvalue weighted by molar-refractivity contribution is 7.99. The molecule has 23 heavy (non-hydrogen) atoms. The van der Waals surface area contributed by atoms with Crippen LogP contribution in [0.5, 0.6) is 0 Å². The molecule has 0 saturated carbocycles. The van der Waals surface area contributed by atoms with Gasteiger partial charge in [0.25, 0.3) is 5.91 Å². The minimum absolute atomic E-state index is 0.282. The first-order valence-corrected chi connectivity index (χ1v) is 8.41. The second-order valence-electron chi connectivity index (χ2n) is 4.62. The molecule has 0 aliphatic heterocycles. The second-order valence-corrected chi connectivity index (χ2v) is 6.87. The highest BCUT2D eigenvalue weighted by Gasteiger charge is 2.12. The van der Waals surface area contributed by atoms with Gasteiger partial charge in [0.05, 0.1) is 5.69 Å². The number of amides is 1. The molecule has 0 spiro atoms. The molecular formula is C15H13N5OS2. The van der Waals surface area contributed by atoms with Crippen LogP contribution in [-0.2, 0) is 0 Å². The van der Waals surface area contributed by atoms with Gasteiger partial charge in [-0.25, -0.2) is 15.0 Å². The number of carbonyl (C=O) groups is 1. The Hall–Kier alpha value is -2.32. The lowest BCUT2D eigenvalue weighted by Gasteiger charge is -2.03. The first-order valence-electron chi connectivity index (χ1n) is 6.78. The van der Waals surface area contributed by atoms with Crippen molar-refractivity contribution in [3.05, 3.63) is 53.1 Å². The highest BCUT2D eigenvalue weighted by atomic mass is 32.2. The zero-order valence-corrected chi connectivity index (χ0v) is 14.1. The number of anilines is 1. The van der Waals surface area contributed by atoms with E-state index in [0.717, 1.165) is 15.5 Å². The van der Waals surface area contributed by atoms with Crippen molar-refractivity contribution < 1.29 is 4.79 Å². The molecule has 116 valence electrons. The Labute approximate surface area is 141 Å². The maximum atomic E-state index is 12.3. The van der Waals surface area contributed by atoms with Crippen molar-refractivity contribution in [2.24, 2.45) is 0 Å². The van der Waals surface area contributed by atoms with Crippen LogP contribution in [0, 0.1) is 13.8 Å². The van der Waals surface area contributed by atoms with E-state index in [-0.39, 0.29) is 5.91 Å². The van der Waals surface area contributed by atoms with E-state index in [1.807, 2.05) is 19.9 Å². The van der Waals surface area contributed by atoms with Gasteiger partial charge in [0.1, 0.15) is 5.69 Å². The summed E-state index contributed by atoms with van der Waals surface area (Å²) in [5.41, 5.74) is 1.25. The van der Waals surface area contributed by atoms with Crippen molar-refractivity contribution >= 4 is 34.1 Å². The Morgan fingerprint density at radius 1 is 1.17 bits per heavy atom. The molecule has 0 aromatic carbocycles. The normalized spacial score (nSPS) is 10.5. The first-order chi connectivity index (χ1) is 11.1. The van der Waals surface area contributed by atoms with E-state index in [4.69, 9.17) is 0 Å². The van der Waals surface area contributed by atoms with Crippen LogP contribution in [0.2, 0.25) is 0 Å². The Kier molecular flexibility index (Phi) is 4.63. The van der Waals surface area contributed by atoms with E-state index < -0.39 is 0 Å². The predicted octanol–water partition coefficient (Wildman–Crippen LogP) is 3.35. The molecule has 3 heterocycles. The van der Waals surface area contributed by atoms with Crippen LogP contribution in [0.25, 0.3) is 0 Å². The zero-order chi connectivity index (χ0) is 16.2. The summed E-state index contributed by atoms with van der Waals surface area (Å²) in [5, 5.41) is 3.98. The summed E-state index contributed by atoms with van der Waals surface area (Å²) in [4.78, 5) is 30.9. The molecule has 0 aliphatic carbocycles. The minimum atomic E-state index is -0.282. The van der Waals surface area contributed by atoms with Crippen molar-refractivity contribution in [2.45, 2.75) is 23.9 Å². The van der Waals surface area contributed by atoms with Crippen LogP contribution in [0.1, 0.15) is 21.1 Å². The molecule has 1 N–H and O–H groups in total. The Morgan fingerprint density at radius 3 is 2.65 bits per heavy atom. The standard InChI is InChI=1S/C15H13N5OS2/c1-9-10(2)22-15(19-9)20-13(21)12-8-11(4-7-16-12)23-14-17-5-3-6-18-14/h3-8H,1-2H3,(H,19,20,21). The third-order valence-corrected chi connectivity index (χ3v) is 4.84. The Morgan fingerprint density at radius 2 is 1.96 bits per heavy atom. The maximum absolute atomic E-state index is 12.3. The van der Waals surface area contributed by atoms with E-state index in [0.29, 0.717) is 16.0 Å². The van der Waals surface area contributed by atoms with Crippen LogP contribution in [0.4, 0.5) is 5.13 Å². The van der Waals surface area contributed by atoms with Gasteiger partial charge in [-0.15, -0.1) is 11.3 Å². The molecule has 0 atom stereocenters. The van der Waals surface area contributed by atoms with Crippen molar-refractivity contribution in [3.8, 4) is 0 Å². The van der Waals surface area contributed by atoms with Crippen LogP contribution in [0.15, 0.2) is 46.8 Å². The number of pyridine rings is 1. The molecule has 6 nitrogen and oxygen atoms in total. The van der Waals surface area contributed by atoms with Crippen LogP contribution in [0.3, 0.4) is 0 Å². The summed E-state index contributed by atoms with van der Waals surface area (Å²) in [7, 11) is 0. The number of aryl methyl sites for hydroxylation is 2. The fourth-order valence-electron chi connectivity index (χ4n) is 1.73. The quantitative estimate of drug-likeness (QED) is 0.732. The summed E-state index contributed by atoms with van der Waals surface area (Å²) in [6.07, 6.45) is 4.95. The van der Waals surface area contributed by atoms with Gasteiger partial charge >= 0.3 is 0 Å². The van der Waals surface area contributed by atoms with Gasteiger partial charge in [-0.3, -0.25) is 15.1 Å². The van der Waals surface area contributed by atoms with Gasteiger partial charge in [0.2, 0.25) is 0 Å². The number of hydrogen-bond acceptors (Lipinski definition) is 7. The average molecular weight is 343 g/mol. The number of thiazole rings is 1. The number of nitrogens with one attached hydrogen (secondary N) is 1. The number of rotatable bonds is 4. The van der Waals surface area contributed by atoms with Gasteiger partial charge < -0.3 is 0 Å². The summed E-state index contributed by atoms with van der Waals surface area (Å²) in [6.45, 7) is 3.88. The lowest BCUT2D eigenvalue weighted by molar-refractivity contribution is 0.102. The summed E-state index contributed by atoms with van der Waals surface area (Å²) >= 11 is 2.82. The SMILES string of the molecule is Cc1nc(NC(=O)c2cc(Sc3ncccn3)ccn2)sc1C. The van der Waals surface area contributed by atoms with Crippen LogP contribution < -0.4 is 5.32 Å². The molecule has 1 amide bonds. The molecule has 3 aromatic rings. The molecule has 3 aromatic heterocycles. The molecular weight excluding hydrogens is 330 g/mol. The summed E-state index contributed by atoms with van der Waals surface area (Å²) < 4.78 is 0. The summed E-state index contributed by atoms with van der Waals surface area (Å²) in [5.74, 6) is -0.282.